The minimum atomic E-state index is -0.0523. The molecule has 3 heteroatoms. The van der Waals surface area contributed by atoms with Crippen LogP contribution in [0.1, 0.15) is 58.8 Å². The number of likely N-dealkylation sites (N-methyl/N-ethyl adjacent to an activating group) is 1. The zero-order valence-corrected chi connectivity index (χ0v) is 13.1. The van der Waals surface area contributed by atoms with Crippen molar-refractivity contribution in [3.05, 3.63) is 0 Å². The van der Waals surface area contributed by atoms with E-state index in [1.807, 2.05) is 0 Å². The predicted molar refractivity (Wildman–Crippen MR) is 82.6 cm³/mol. The summed E-state index contributed by atoms with van der Waals surface area (Å²) in [6.07, 6.45) is 8.08. The largest absolute Gasteiger partial charge is 0.393 e. The summed E-state index contributed by atoms with van der Waals surface area (Å²) < 4.78 is 0. The molecule has 1 heterocycles. The number of aliphatic hydroxyl groups excluding tert-OH is 1. The summed E-state index contributed by atoms with van der Waals surface area (Å²) in [6, 6.07) is 0. The standard InChI is InChI=1S/C16H34N2O/c1-3-5-6-9-16(19)10-7-8-11-18-14-12-17(4-2)13-15-18/h16,19H,3-15H2,1-2H3/t16-/m0/s1. The van der Waals surface area contributed by atoms with Gasteiger partial charge in [-0.2, -0.15) is 0 Å². The van der Waals surface area contributed by atoms with Crippen LogP contribution in [0.4, 0.5) is 0 Å². The number of piperazine rings is 1. The van der Waals surface area contributed by atoms with Gasteiger partial charge < -0.3 is 14.9 Å². The highest BCUT2D eigenvalue weighted by Gasteiger charge is 2.14. The SMILES string of the molecule is CCCCC[C@H](O)CCCCN1CCN(CC)CC1. The Bertz CT molecular complexity index is 203. The molecule has 1 aliphatic rings. The van der Waals surface area contributed by atoms with Crippen LogP contribution >= 0.6 is 0 Å². The van der Waals surface area contributed by atoms with Crippen molar-refractivity contribution in [2.24, 2.45) is 0 Å². The van der Waals surface area contributed by atoms with Crippen LogP contribution < -0.4 is 0 Å². The second kappa shape index (κ2) is 10.6. The van der Waals surface area contributed by atoms with Crippen LogP contribution in [-0.4, -0.2) is 60.3 Å². The van der Waals surface area contributed by atoms with Gasteiger partial charge in [-0.25, -0.2) is 0 Å². The molecule has 0 aliphatic carbocycles. The monoisotopic (exact) mass is 270 g/mol. The predicted octanol–water partition coefficient (Wildman–Crippen LogP) is 2.74. The molecule has 1 N–H and O–H groups in total. The fourth-order valence-corrected chi connectivity index (χ4v) is 2.82. The van der Waals surface area contributed by atoms with Gasteiger partial charge in [-0.3, -0.25) is 0 Å². The van der Waals surface area contributed by atoms with Gasteiger partial charge >= 0.3 is 0 Å². The number of nitrogens with zero attached hydrogens (tertiary/aromatic N) is 2. The van der Waals surface area contributed by atoms with Crippen LogP contribution in [-0.2, 0) is 0 Å². The third-order valence-corrected chi connectivity index (χ3v) is 4.31. The maximum absolute atomic E-state index is 9.86. The second-order valence-corrected chi connectivity index (χ2v) is 5.92. The van der Waals surface area contributed by atoms with E-state index < -0.39 is 0 Å². The molecule has 1 atom stereocenters. The van der Waals surface area contributed by atoms with Gasteiger partial charge in [-0.1, -0.05) is 33.1 Å². The summed E-state index contributed by atoms with van der Waals surface area (Å²) in [5.74, 6) is 0. The molecule has 0 aromatic heterocycles. The van der Waals surface area contributed by atoms with Gasteiger partial charge in [0.25, 0.3) is 0 Å². The fourth-order valence-electron chi connectivity index (χ4n) is 2.82. The Kier molecular flexibility index (Phi) is 9.48. The molecule has 0 unspecified atom stereocenters. The molecule has 0 aromatic rings. The van der Waals surface area contributed by atoms with Crippen molar-refractivity contribution >= 4 is 0 Å². The first-order valence-corrected chi connectivity index (χ1v) is 8.39. The average molecular weight is 270 g/mol. The van der Waals surface area contributed by atoms with Gasteiger partial charge in [0.05, 0.1) is 6.10 Å². The van der Waals surface area contributed by atoms with Crippen molar-refractivity contribution < 1.29 is 5.11 Å². The van der Waals surface area contributed by atoms with Crippen molar-refractivity contribution in [1.29, 1.82) is 0 Å². The molecule has 0 saturated carbocycles. The lowest BCUT2D eigenvalue weighted by atomic mass is 10.1. The minimum absolute atomic E-state index is 0.0523. The molecule has 1 fully saturated rings. The molecule has 3 nitrogen and oxygen atoms in total. The van der Waals surface area contributed by atoms with E-state index in [4.69, 9.17) is 0 Å². The molecule has 0 amide bonds. The molecule has 1 saturated heterocycles. The molecule has 19 heavy (non-hydrogen) atoms. The van der Waals surface area contributed by atoms with Gasteiger partial charge in [0.2, 0.25) is 0 Å². The van der Waals surface area contributed by atoms with E-state index >= 15 is 0 Å². The lowest BCUT2D eigenvalue weighted by molar-refractivity contribution is 0.127. The smallest absolute Gasteiger partial charge is 0.0540 e. The third kappa shape index (κ3) is 7.91. The first kappa shape index (κ1) is 16.9. The molecule has 0 radical (unpaired) electrons. The summed E-state index contributed by atoms with van der Waals surface area (Å²) >= 11 is 0. The first-order valence-electron chi connectivity index (χ1n) is 8.39. The summed E-state index contributed by atoms with van der Waals surface area (Å²) in [6.45, 7) is 11.8. The van der Waals surface area contributed by atoms with Crippen LogP contribution in [0.15, 0.2) is 0 Å². The third-order valence-electron chi connectivity index (χ3n) is 4.31. The lowest BCUT2D eigenvalue weighted by Crippen LogP contribution is -2.46. The van der Waals surface area contributed by atoms with E-state index in [1.165, 1.54) is 71.4 Å². The Hall–Kier alpha value is -0.120. The maximum atomic E-state index is 9.86. The second-order valence-electron chi connectivity index (χ2n) is 5.92. The van der Waals surface area contributed by atoms with Gasteiger partial charge in [-0.05, 0) is 38.8 Å². The van der Waals surface area contributed by atoms with E-state index in [1.54, 1.807) is 0 Å². The van der Waals surface area contributed by atoms with Crippen molar-refractivity contribution in [3.8, 4) is 0 Å². The van der Waals surface area contributed by atoms with Crippen molar-refractivity contribution in [2.75, 3.05) is 39.3 Å². The van der Waals surface area contributed by atoms with Gasteiger partial charge in [-0.15, -0.1) is 0 Å². The highest BCUT2D eigenvalue weighted by Crippen LogP contribution is 2.10. The van der Waals surface area contributed by atoms with Crippen LogP contribution in [0.2, 0.25) is 0 Å². The highest BCUT2D eigenvalue weighted by atomic mass is 16.3. The summed E-state index contributed by atoms with van der Waals surface area (Å²) in [4.78, 5) is 5.10. The Balaban J connectivity index is 1.93. The maximum Gasteiger partial charge on any atom is 0.0540 e. The Morgan fingerprint density at radius 3 is 2.00 bits per heavy atom. The van der Waals surface area contributed by atoms with Crippen LogP contribution in [0.25, 0.3) is 0 Å². The molecule has 1 rings (SSSR count). The van der Waals surface area contributed by atoms with Crippen molar-refractivity contribution in [2.45, 2.75) is 64.9 Å². The Labute approximate surface area is 120 Å². The number of aliphatic hydroxyl groups is 1. The molecule has 0 aromatic carbocycles. The number of hydrogen-bond donors (Lipinski definition) is 1. The highest BCUT2D eigenvalue weighted by molar-refractivity contribution is 4.70. The first-order chi connectivity index (χ1) is 9.26. The van der Waals surface area contributed by atoms with Crippen LogP contribution in [0.5, 0.6) is 0 Å². The van der Waals surface area contributed by atoms with E-state index in [0.29, 0.717) is 0 Å². The van der Waals surface area contributed by atoms with Crippen molar-refractivity contribution in [1.82, 2.24) is 9.80 Å². The fraction of sp³-hybridized carbons (Fsp3) is 1.00. The molecule has 114 valence electrons. The number of unbranched alkanes of at least 4 members (excludes halogenated alkanes) is 3. The lowest BCUT2D eigenvalue weighted by Gasteiger charge is -2.34. The molecule has 0 bridgehead atoms. The van der Waals surface area contributed by atoms with Gasteiger partial charge in [0.1, 0.15) is 0 Å². The van der Waals surface area contributed by atoms with E-state index in [-0.39, 0.29) is 6.10 Å². The molecule has 1 aliphatic heterocycles. The van der Waals surface area contributed by atoms with E-state index in [0.717, 1.165) is 12.8 Å². The quantitative estimate of drug-likeness (QED) is 0.618. The van der Waals surface area contributed by atoms with Crippen LogP contribution in [0, 0.1) is 0 Å². The molecular weight excluding hydrogens is 236 g/mol. The summed E-state index contributed by atoms with van der Waals surface area (Å²) in [7, 11) is 0. The van der Waals surface area contributed by atoms with E-state index in [2.05, 4.69) is 23.6 Å². The normalized spacial score (nSPS) is 19.7. The van der Waals surface area contributed by atoms with Gasteiger partial charge in [0, 0.05) is 26.2 Å². The zero-order valence-electron chi connectivity index (χ0n) is 13.1. The molecular formula is C16H34N2O. The number of hydrogen-bond acceptors (Lipinski definition) is 3. The Morgan fingerprint density at radius 2 is 1.42 bits per heavy atom. The topological polar surface area (TPSA) is 26.7 Å². The minimum Gasteiger partial charge on any atom is -0.393 e. The Morgan fingerprint density at radius 1 is 0.842 bits per heavy atom. The summed E-state index contributed by atoms with van der Waals surface area (Å²) in [5, 5.41) is 9.86. The zero-order chi connectivity index (χ0) is 13.9. The number of rotatable bonds is 10. The molecule has 0 spiro atoms. The van der Waals surface area contributed by atoms with Crippen LogP contribution in [0.3, 0.4) is 0 Å². The van der Waals surface area contributed by atoms with Gasteiger partial charge in [0.15, 0.2) is 0 Å². The summed E-state index contributed by atoms with van der Waals surface area (Å²) in [5.41, 5.74) is 0. The average Bonchev–Trinajstić information content (AvgIpc) is 2.44. The van der Waals surface area contributed by atoms with E-state index in [9.17, 15) is 5.11 Å². The van der Waals surface area contributed by atoms with Crippen molar-refractivity contribution in [3.63, 3.8) is 0 Å².